The molecule has 0 aliphatic rings. The van der Waals surface area contributed by atoms with Crippen molar-refractivity contribution in [2.45, 2.75) is 164 Å². The summed E-state index contributed by atoms with van der Waals surface area (Å²) in [5.41, 5.74) is -0.360. The van der Waals surface area contributed by atoms with Crippen molar-refractivity contribution in [1.82, 2.24) is 0 Å². The third-order valence-electron chi connectivity index (χ3n) is 7.90. The highest BCUT2D eigenvalue weighted by Gasteiger charge is 2.45. The maximum atomic E-state index is 13.2. The van der Waals surface area contributed by atoms with E-state index in [9.17, 15) is 9.59 Å². The number of carbonyl (C=O) groups is 2. The van der Waals surface area contributed by atoms with Gasteiger partial charge >= 0.3 is 11.9 Å². The molecule has 0 aromatic heterocycles. The molecule has 0 rings (SSSR count). The second-order valence-corrected chi connectivity index (χ2v) is 11.5. The topological polar surface area (TPSA) is 52.6 Å². The first-order valence-corrected chi connectivity index (χ1v) is 15.7. The van der Waals surface area contributed by atoms with E-state index in [1.165, 1.54) is 64.2 Å². The molecule has 0 radical (unpaired) electrons. The quantitative estimate of drug-likeness (QED) is 0.0905. The van der Waals surface area contributed by atoms with Gasteiger partial charge in [-0.25, -0.2) is 0 Å². The van der Waals surface area contributed by atoms with Gasteiger partial charge in [0, 0.05) is 6.42 Å². The summed E-state index contributed by atoms with van der Waals surface area (Å²) in [5, 5.41) is 0. The zero-order chi connectivity index (χ0) is 27.1. The number of unbranched alkanes of at least 4 members (excludes halogenated alkanes) is 14. The van der Waals surface area contributed by atoms with Crippen LogP contribution >= 0.6 is 0 Å². The predicted octanol–water partition coefficient (Wildman–Crippen LogP) is 9.82. The summed E-state index contributed by atoms with van der Waals surface area (Å²) in [6, 6.07) is 0. The minimum absolute atomic E-state index is 0.0225. The average molecular weight is 511 g/mol. The van der Waals surface area contributed by atoms with E-state index in [4.69, 9.17) is 9.47 Å². The third-order valence-corrected chi connectivity index (χ3v) is 7.90. The molecule has 0 aliphatic heterocycles. The molecule has 0 aromatic rings. The lowest BCUT2D eigenvalue weighted by Crippen LogP contribution is -2.42. The third kappa shape index (κ3) is 15.9. The molecule has 214 valence electrons. The van der Waals surface area contributed by atoms with E-state index < -0.39 is 0 Å². The van der Waals surface area contributed by atoms with E-state index in [2.05, 4.69) is 41.5 Å². The summed E-state index contributed by atoms with van der Waals surface area (Å²) < 4.78 is 11.1. The Bertz CT molecular complexity index is 518. The van der Waals surface area contributed by atoms with E-state index in [-0.39, 0.29) is 17.4 Å². The average Bonchev–Trinajstić information content (AvgIpc) is 2.84. The van der Waals surface area contributed by atoms with E-state index in [0.717, 1.165) is 51.4 Å². The maximum absolute atomic E-state index is 13.2. The van der Waals surface area contributed by atoms with Gasteiger partial charge < -0.3 is 9.47 Å². The van der Waals surface area contributed by atoms with Crippen LogP contribution in [0.1, 0.15) is 164 Å². The van der Waals surface area contributed by atoms with Crippen LogP contribution in [0.4, 0.5) is 0 Å². The fourth-order valence-electron chi connectivity index (χ4n) is 5.36. The SMILES string of the molecule is CCCCCCOC(=O)CCCCCCCCCCCC(C(=O)OCCCCCC)(C(C)C)C(C)C. The fourth-order valence-corrected chi connectivity index (χ4v) is 5.36. The Morgan fingerprint density at radius 1 is 0.556 bits per heavy atom. The van der Waals surface area contributed by atoms with Crippen molar-refractivity contribution in [2.75, 3.05) is 13.2 Å². The smallest absolute Gasteiger partial charge is 0.312 e. The zero-order valence-electron chi connectivity index (χ0n) is 25.1. The molecule has 0 fully saturated rings. The van der Waals surface area contributed by atoms with Crippen LogP contribution in [0.25, 0.3) is 0 Å². The molecule has 4 heteroatoms. The summed E-state index contributed by atoms with van der Waals surface area (Å²) in [4.78, 5) is 24.9. The zero-order valence-corrected chi connectivity index (χ0v) is 25.1. The van der Waals surface area contributed by atoms with Crippen LogP contribution < -0.4 is 0 Å². The monoisotopic (exact) mass is 510 g/mol. The first-order valence-electron chi connectivity index (χ1n) is 15.7. The molecule has 0 atom stereocenters. The van der Waals surface area contributed by atoms with Crippen LogP contribution in [0.5, 0.6) is 0 Å². The van der Waals surface area contributed by atoms with Gasteiger partial charge in [-0.15, -0.1) is 0 Å². The molecule has 0 saturated heterocycles. The molecular weight excluding hydrogens is 448 g/mol. The predicted molar refractivity (Wildman–Crippen MR) is 153 cm³/mol. The van der Waals surface area contributed by atoms with Gasteiger partial charge in [0.15, 0.2) is 0 Å². The van der Waals surface area contributed by atoms with Crippen molar-refractivity contribution in [1.29, 1.82) is 0 Å². The van der Waals surface area contributed by atoms with E-state index in [1.54, 1.807) is 0 Å². The first-order chi connectivity index (χ1) is 17.3. The maximum Gasteiger partial charge on any atom is 0.312 e. The van der Waals surface area contributed by atoms with Gasteiger partial charge in [-0.05, 0) is 37.5 Å². The van der Waals surface area contributed by atoms with Crippen LogP contribution in [0.2, 0.25) is 0 Å². The Kier molecular flexibility index (Phi) is 22.4. The molecule has 0 aromatic carbocycles. The molecule has 0 aliphatic carbocycles. The van der Waals surface area contributed by atoms with Crippen molar-refractivity contribution in [3.8, 4) is 0 Å². The molecule has 0 amide bonds. The molecule has 0 spiro atoms. The lowest BCUT2D eigenvalue weighted by Gasteiger charge is -2.39. The summed E-state index contributed by atoms with van der Waals surface area (Å²) in [6.45, 7) is 14.3. The molecule has 0 bridgehead atoms. The molecule has 0 N–H and O–H groups in total. The van der Waals surface area contributed by atoms with Gasteiger partial charge in [0.1, 0.15) is 0 Å². The summed E-state index contributed by atoms with van der Waals surface area (Å²) in [5.74, 6) is 0.591. The van der Waals surface area contributed by atoms with Gasteiger partial charge in [0.25, 0.3) is 0 Å². The van der Waals surface area contributed by atoms with Crippen molar-refractivity contribution in [3.05, 3.63) is 0 Å². The minimum atomic E-state index is -0.360. The normalized spacial score (nSPS) is 11.9. The van der Waals surface area contributed by atoms with E-state index in [1.807, 2.05) is 0 Å². The van der Waals surface area contributed by atoms with Gasteiger partial charge in [0.2, 0.25) is 0 Å². The molecule has 0 heterocycles. The molecular formula is C32H62O4. The molecule has 0 unspecified atom stereocenters. The van der Waals surface area contributed by atoms with E-state index >= 15 is 0 Å². The number of carbonyl (C=O) groups excluding carboxylic acids is 2. The molecule has 36 heavy (non-hydrogen) atoms. The van der Waals surface area contributed by atoms with Crippen molar-refractivity contribution >= 4 is 11.9 Å². The van der Waals surface area contributed by atoms with Gasteiger partial charge in [-0.2, -0.15) is 0 Å². The van der Waals surface area contributed by atoms with Gasteiger partial charge in [-0.3, -0.25) is 9.59 Å². The van der Waals surface area contributed by atoms with Crippen LogP contribution in [0.15, 0.2) is 0 Å². The Hall–Kier alpha value is -1.06. The van der Waals surface area contributed by atoms with Crippen molar-refractivity contribution in [2.24, 2.45) is 17.3 Å². The Morgan fingerprint density at radius 2 is 0.972 bits per heavy atom. The van der Waals surface area contributed by atoms with E-state index in [0.29, 0.717) is 31.5 Å². The minimum Gasteiger partial charge on any atom is -0.466 e. The van der Waals surface area contributed by atoms with Crippen molar-refractivity contribution < 1.29 is 19.1 Å². The molecule has 0 saturated carbocycles. The van der Waals surface area contributed by atoms with Gasteiger partial charge in [0.05, 0.1) is 18.6 Å². The summed E-state index contributed by atoms with van der Waals surface area (Å²) in [7, 11) is 0. The Balaban J connectivity index is 3.97. The lowest BCUT2D eigenvalue weighted by molar-refractivity contribution is -0.164. The number of rotatable bonds is 25. The first kappa shape index (κ1) is 34.9. The van der Waals surface area contributed by atoms with Crippen LogP contribution in [-0.4, -0.2) is 25.2 Å². The van der Waals surface area contributed by atoms with Crippen LogP contribution in [0, 0.1) is 17.3 Å². The number of ether oxygens (including phenoxy) is 2. The number of hydrogen-bond donors (Lipinski definition) is 0. The second kappa shape index (κ2) is 23.1. The van der Waals surface area contributed by atoms with Crippen LogP contribution in [0.3, 0.4) is 0 Å². The Morgan fingerprint density at radius 3 is 1.44 bits per heavy atom. The van der Waals surface area contributed by atoms with Crippen LogP contribution in [-0.2, 0) is 19.1 Å². The summed E-state index contributed by atoms with van der Waals surface area (Å²) >= 11 is 0. The van der Waals surface area contributed by atoms with Gasteiger partial charge in [-0.1, -0.05) is 131 Å². The molecule has 4 nitrogen and oxygen atoms in total. The fraction of sp³-hybridized carbons (Fsp3) is 0.938. The standard InChI is InChI=1S/C32H62O4/c1-7-9-11-22-26-35-30(33)24-20-18-16-14-13-15-17-19-21-25-32(28(3)4,29(5)6)31(34)36-27-23-12-10-8-2/h28-29H,7-27H2,1-6H3. The highest BCUT2D eigenvalue weighted by molar-refractivity contribution is 5.77. The Labute approximate surface area is 225 Å². The van der Waals surface area contributed by atoms with Crippen molar-refractivity contribution in [3.63, 3.8) is 0 Å². The number of esters is 2. The number of hydrogen-bond acceptors (Lipinski definition) is 4. The lowest BCUT2D eigenvalue weighted by atomic mass is 9.66. The highest BCUT2D eigenvalue weighted by Crippen LogP contribution is 2.42. The summed E-state index contributed by atoms with van der Waals surface area (Å²) in [6.07, 6.45) is 21.2. The second-order valence-electron chi connectivity index (χ2n) is 11.5. The highest BCUT2D eigenvalue weighted by atomic mass is 16.5. The largest absolute Gasteiger partial charge is 0.466 e.